The molecule has 8 heavy (non-hydrogen) atoms. The van der Waals surface area contributed by atoms with Crippen LogP contribution in [0.25, 0.3) is 0 Å². The summed E-state index contributed by atoms with van der Waals surface area (Å²) in [5, 5.41) is 0. The zero-order valence-corrected chi connectivity index (χ0v) is 4.72. The molecule has 0 bridgehead atoms. The Hall–Kier alpha value is -0.960. The van der Waals surface area contributed by atoms with E-state index < -0.39 is 0 Å². The van der Waals surface area contributed by atoms with Gasteiger partial charge in [0.15, 0.2) is 0 Å². The minimum Gasteiger partial charge on any atom is -0.0982 e. The van der Waals surface area contributed by atoms with Crippen LogP contribution in [-0.2, 0) is 0 Å². The van der Waals surface area contributed by atoms with Crippen molar-refractivity contribution in [2.24, 2.45) is 0 Å². The SMILES string of the molecule is C1#CCC/C=C\C=C/1. The zero-order valence-electron chi connectivity index (χ0n) is 4.72. The van der Waals surface area contributed by atoms with Crippen LogP contribution < -0.4 is 0 Å². The van der Waals surface area contributed by atoms with Crippen LogP contribution in [0, 0.1) is 11.8 Å². The van der Waals surface area contributed by atoms with Gasteiger partial charge >= 0.3 is 0 Å². The minimum absolute atomic E-state index is 1.00. The van der Waals surface area contributed by atoms with Gasteiger partial charge in [0.1, 0.15) is 0 Å². The van der Waals surface area contributed by atoms with Gasteiger partial charge in [0.05, 0.1) is 0 Å². The highest BCUT2D eigenvalue weighted by Gasteiger charge is 1.74. The summed E-state index contributed by atoms with van der Waals surface area (Å²) in [7, 11) is 0. The van der Waals surface area contributed by atoms with Crippen molar-refractivity contribution in [3.63, 3.8) is 0 Å². The first-order valence-electron chi connectivity index (χ1n) is 2.80. The van der Waals surface area contributed by atoms with E-state index in [2.05, 4.69) is 17.9 Å². The molecule has 0 saturated carbocycles. The van der Waals surface area contributed by atoms with E-state index >= 15 is 0 Å². The minimum atomic E-state index is 1.00. The number of hydrogen-bond donors (Lipinski definition) is 0. The van der Waals surface area contributed by atoms with Crippen LogP contribution in [0.5, 0.6) is 0 Å². The molecule has 1 aliphatic rings. The van der Waals surface area contributed by atoms with Crippen molar-refractivity contribution in [3.8, 4) is 11.8 Å². The van der Waals surface area contributed by atoms with Crippen molar-refractivity contribution in [3.05, 3.63) is 24.3 Å². The molecule has 0 amide bonds. The maximum absolute atomic E-state index is 3.00. The van der Waals surface area contributed by atoms with Gasteiger partial charge in [-0.1, -0.05) is 30.1 Å². The monoisotopic (exact) mass is 104 g/mol. The standard InChI is InChI=1S/C8H8/c1-2-4-6-8-7-5-3-1/h1-4H,5,7H2/b3-1-,4-2-. The van der Waals surface area contributed by atoms with Crippen molar-refractivity contribution >= 4 is 0 Å². The van der Waals surface area contributed by atoms with E-state index in [1.54, 1.807) is 0 Å². The first-order valence-corrected chi connectivity index (χ1v) is 2.80. The number of rotatable bonds is 0. The summed E-state index contributed by atoms with van der Waals surface area (Å²) in [6.45, 7) is 0. The van der Waals surface area contributed by atoms with Gasteiger partial charge in [0.25, 0.3) is 0 Å². The molecule has 0 aromatic heterocycles. The van der Waals surface area contributed by atoms with E-state index in [1.165, 1.54) is 0 Å². The third-order valence-corrected chi connectivity index (χ3v) is 0.965. The van der Waals surface area contributed by atoms with Gasteiger partial charge in [0.2, 0.25) is 0 Å². The van der Waals surface area contributed by atoms with Crippen LogP contribution in [0.1, 0.15) is 12.8 Å². The van der Waals surface area contributed by atoms with Gasteiger partial charge in [-0.25, -0.2) is 0 Å². The Bertz CT molecular complexity index is 162. The maximum Gasteiger partial charge on any atom is 0.0127 e. The molecule has 0 aromatic rings. The Labute approximate surface area is 49.9 Å². The highest BCUT2D eigenvalue weighted by atomic mass is 13.8. The van der Waals surface area contributed by atoms with E-state index in [9.17, 15) is 0 Å². The summed E-state index contributed by atoms with van der Waals surface area (Å²) >= 11 is 0. The molecule has 0 aliphatic heterocycles. The molecule has 0 fully saturated rings. The second-order valence-electron chi connectivity index (χ2n) is 1.65. The first kappa shape index (κ1) is 5.18. The molecule has 0 nitrogen and oxygen atoms in total. The number of allylic oxidation sites excluding steroid dienone is 4. The summed E-state index contributed by atoms with van der Waals surface area (Å²) in [5.41, 5.74) is 0. The second kappa shape index (κ2) is 3.10. The van der Waals surface area contributed by atoms with E-state index in [0.717, 1.165) is 12.8 Å². The molecule has 0 radical (unpaired) electrons. The summed E-state index contributed by atoms with van der Waals surface area (Å²) < 4.78 is 0. The maximum atomic E-state index is 3.00. The highest BCUT2D eigenvalue weighted by Crippen LogP contribution is 1.91. The average molecular weight is 104 g/mol. The third-order valence-electron chi connectivity index (χ3n) is 0.965. The highest BCUT2D eigenvalue weighted by molar-refractivity contribution is 5.21. The molecule has 1 rings (SSSR count). The van der Waals surface area contributed by atoms with Gasteiger partial charge in [-0.2, -0.15) is 0 Å². The Morgan fingerprint density at radius 3 is 3.25 bits per heavy atom. The zero-order chi connectivity index (χ0) is 5.66. The van der Waals surface area contributed by atoms with E-state index in [1.807, 2.05) is 18.2 Å². The van der Waals surface area contributed by atoms with Crippen molar-refractivity contribution in [2.45, 2.75) is 12.8 Å². The van der Waals surface area contributed by atoms with Gasteiger partial charge in [-0.05, 0) is 12.5 Å². The number of hydrogen-bond acceptors (Lipinski definition) is 0. The second-order valence-corrected chi connectivity index (χ2v) is 1.65. The molecular formula is C8H8. The Balaban J connectivity index is 2.58. The quantitative estimate of drug-likeness (QED) is 0.412. The lowest BCUT2D eigenvalue weighted by Gasteiger charge is -1.82. The Morgan fingerprint density at radius 1 is 1.25 bits per heavy atom. The fourth-order valence-corrected chi connectivity index (χ4v) is 0.565. The predicted octanol–water partition coefficient (Wildman–Crippen LogP) is 1.90. The topological polar surface area (TPSA) is 0 Å². The molecule has 0 N–H and O–H groups in total. The lowest BCUT2D eigenvalue weighted by molar-refractivity contribution is 1.08. The lowest BCUT2D eigenvalue weighted by atomic mass is 10.2. The third kappa shape index (κ3) is 1.66. The van der Waals surface area contributed by atoms with Crippen LogP contribution >= 0.6 is 0 Å². The molecule has 0 atom stereocenters. The molecule has 40 valence electrons. The average Bonchev–Trinajstić information content (AvgIpc) is 1.62. The molecular weight excluding hydrogens is 96.1 g/mol. The fraction of sp³-hybridized carbons (Fsp3) is 0.250. The fourth-order valence-electron chi connectivity index (χ4n) is 0.565. The predicted molar refractivity (Wildman–Crippen MR) is 35.3 cm³/mol. The van der Waals surface area contributed by atoms with Crippen molar-refractivity contribution < 1.29 is 0 Å². The van der Waals surface area contributed by atoms with E-state index in [-0.39, 0.29) is 0 Å². The van der Waals surface area contributed by atoms with Crippen LogP contribution in [0.15, 0.2) is 24.3 Å². The summed E-state index contributed by atoms with van der Waals surface area (Å²) in [4.78, 5) is 0. The van der Waals surface area contributed by atoms with E-state index in [0.29, 0.717) is 0 Å². The van der Waals surface area contributed by atoms with Crippen LogP contribution in [0.3, 0.4) is 0 Å². The lowest BCUT2D eigenvalue weighted by Crippen LogP contribution is -1.66. The molecule has 0 heteroatoms. The molecule has 0 unspecified atom stereocenters. The summed E-state index contributed by atoms with van der Waals surface area (Å²) in [6, 6.07) is 0. The molecule has 0 spiro atoms. The smallest absolute Gasteiger partial charge is 0.0127 e. The van der Waals surface area contributed by atoms with Gasteiger partial charge < -0.3 is 0 Å². The first-order chi connectivity index (χ1) is 4.00. The summed E-state index contributed by atoms with van der Waals surface area (Å²) in [5.74, 6) is 5.90. The molecule has 0 heterocycles. The molecule has 0 saturated heterocycles. The van der Waals surface area contributed by atoms with Gasteiger partial charge in [-0.3, -0.25) is 0 Å². The Morgan fingerprint density at radius 2 is 2.25 bits per heavy atom. The summed E-state index contributed by atoms with van der Waals surface area (Å²) in [6.07, 6.45) is 10.1. The largest absolute Gasteiger partial charge is 0.0982 e. The van der Waals surface area contributed by atoms with Crippen LogP contribution in [0.4, 0.5) is 0 Å². The van der Waals surface area contributed by atoms with Crippen LogP contribution in [0.2, 0.25) is 0 Å². The van der Waals surface area contributed by atoms with Crippen molar-refractivity contribution in [2.75, 3.05) is 0 Å². The van der Waals surface area contributed by atoms with Gasteiger partial charge in [0, 0.05) is 6.42 Å². The Kier molecular flexibility index (Phi) is 2.01. The van der Waals surface area contributed by atoms with Gasteiger partial charge in [-0.15, -0.1) is 0 Å². The van der Waals surface area contributed by atoms with Crippen molar-refractivity contribution in [1.29, 1.82) is 0 Å². The van der Waals surface area contributed by atoms with E-state index in [4.69, 9.17) is 0 Å². The van der Waals surface area contributed by atoms with Crippen molar-refractivity contribution in [1.82, 2.24) is 0 Å². The molecule has 0 aromatic carbocycles. The molecule has 1 aliphatic carbocycles. The van der Waals surface area contributed by atoms with Crippen LogP contribution in [-0.4, -0.2) is 0 Å². The normalized spacial score (nSPS) is 24.0.